The predicted molar refractivity (Wildman–Crippen MR) is 54.7 cm³/mol. The number of esters is 1. The Hall–Kier alpha value is -1.33. The van der Waals surface area contributed by atoms with E-state index < -0.39 is 29.2 Å². The maximum atomic E-state index is 13.3. The van der Waals surface area contributed by atoms with Crippen molar-refractivity contribution >= 4 is 17.6 Å². The molecule has 0 spiro atoms. The van der Waals surface area contributed by atoms with Crippen LogP contribution in [0, 0.1) is 5.82 Å². The Bertz CT molecular complexity index is 408. The number of hydrogen-bond donors (Lipinski definition) is 2. The molecule has 0 aliphatic rings. The summed E-state index contributed by atoms with van der Waals surface area (Å²) in [6.45, 7) is 1.58. The number of halogens is 2. The molecule has 0 heterocycles. The second-order valence-electron chi connectivity index (χ2n) is 2.95. The highest BCUT2D eigenvalue weighted by Gasteiger charge is 2.26. The van der Waals surface area contributed by atoms with Crippen LogP contribution in [-0.4, -0.2) is 22.8 Å². The minimum Gasteiger partial charge on any atom is -0.506 e. The van der Waals surface area contributed by atoms with E-state index in [0.29, 0.717) is 0 Å². The predicted octanol–water partition coefficient (Wildman–Crippen LogP) is 1.78. The van der Waals surface area contributed by atoms with Gasteiger partial charge in [-0.3, -0.25) is 0 Å². The van der Waals surface area contributed by atoms with Gasteiger partial charge >= 0.3 is 5.97 Å². The van der Waals surface area contributed by atoms with Crippen LogP contribution >= 0.6 is 11.6 Å². The van der Waals surface area contributed by atoms with Crippen molar-refractivity contribution in [3.8, 4) is 5.75 Å². The highest BCUT2D eigenvalue weighted by molar-refractivity contribution is 6.32. The molecule has 0 amide bonds. The normalized spacial score (nSPS) is 12.2. The molecular weight excluding hydrogens is 239 g/mol. The first-order valence-electron chi connectivity index (χ1n) is 4.50. The van der Waals surface area contributed by atoms with E-state index in [2.05, 4.69) is 4.74 Å². The molecule has 16 heavy (non-hydrogen) atoms. The molecule has 1 rings (SSSR count). The second-order valence-corrected chi connectivity index (χ2v) is 3.35. The van der Waals surface area contributed by atoms with Gasteiger partial charge in [0.05, 0.1) is 17.2 Å². The Morgan fingerprint density at radius 3 is 2.81 bits per heavy atom. The van der Waals surface area contributed by atoms with Gasteiger partial charge in [0, 0.05) is 0 Å². The van der Waals surface area contributed by atoms with Crippen LogP contribution in [0.25, 0.3) is 0 Å². The average Bonchev–Trinajstić information content (AvgIpc) is 2.24. The van der Waals surface area contributed by atoms with E-state index in [1.165, 1.54) is 0 Å². The molecule has 4 nitrogen and oxygen atoms in total. The third kappa shape index (κ3) is 2.43. The molecule has 0 fully saturated rings. The lowest BCUT2D eigenvalue weighted by Crippen LogP contribution is -2.16. The first-order chi connectivity index (χ1) is 7.49. The Labute approximate surface area is 96.2 Å². The molecule has 0 saturated heterocycles. The van der Waals surface area contributed by atoms with Gasteiger partial charge in [-0.25, -0.2) is 9.18 Å². The van der Waals surface area contributed by atoms with Crippen molar-refractivity contribution in [3.05, 3.63) is 28.5 Å². The van der Waals surface area contributed by atoms with E-state index in [1.54, 1.807) is 6.92 Å². The van der Waals surface area contributed by atoms with Gasteiger partial charge in [0.25, 0.3) is 0 Å². The molecule has 88 valence electrons. The summed E-state index contributed by atoms with van der Waals surface area (Å²) in [5, 5.41) is 18.7. The van der Waals surface area contributed by atoms with Gasteiger partial charge in [0.15, 0.2) is 6.10 Å². The van der Waals surface area contributed by atoms with Crippen molar-refractivity contribution in [3.63, 3.8) is 0 Å². The largest absolute Gasteiger partial charge is 0.506 e. The van der Waals surface area contributed by atoms with Crippen molar-refractivity contribution in [2.24, 2.45) is 0 Å². The number of benzene rings is 1. The SMILES string of the molecule is CCOC(=O)C(O)c1c(F)ccc(Cl)c1O. The summed E-state index contributed by atoms with van der Waals surface area (Å²) in [6.07, 6.45) is -1.89. The van der Waals surface area contributed by atoms with Crippen molar-refractivity contribution < 1.29 is 24.1 Å². The Morgan fingerprint density at radius 2 is 2.25 bits per heavy atom. The third-order valence-corrected chi connectivity index (χ3v) is 2.20. The molecular formula is C10H10ClFO4. The first-order valence-corrected chi connectivity index (χ1v) is 4.88. The monoisotopic (exact) mass is 248 g/mol. The van der Waals surface area contributed by atoms with Crippen LogP contribution < -0.4 is 0 Å². The van der Waals surface area contributed by atoms with E-state index in [1.807, 2.05) is 0 Å². The first kappa shape index (κ1) is 12.7. The van der Waals surface area contributed by atoms with E-state index in [-0.39, 0.29) is 11.6 Å². The zero-order chi connectivity index (χ0) is 12.3. The van der Waals surface area contributed by atoms with E-state index >= 15 is 0 Å². The standard InChI is InChI=1S/C10H10ClFO4/c1-2-16-10(15)9(14)7-6(12)4-3-5(11)8(7)13/h3-4,9,13-14H,2H2,1H3. The van der Waals surface area contributed by atoms with Gasteiger partial charge in [-0.05, 0) is 19.1 Å². The molecule has 0 aliphatic carbocycles. The molecule has 0 saturated carbocycles. The molecule has 0 radical (unpaired) electrons. The quantitative estimate of drug-likeness (QED) is 0.801. The highest BCUT2D eigenvalue weighted by atomic mass is 35.5. The van der Waals surface area contributed by atoms with Crippen LogP contribution in [0.2, 0.25) is 5.02 Å². The van der Waals surface area contributed by atoms with Crippen molar-refractivity contribution in [1.82, 2.24) is 0 Å². The van der Waals surface area contributed by atoms with Crippen LogP contribution in [-0.2, 0) is 9.53 Å². The van der Waals surface area contributed by atoms with Crippen molar-refractivity contribution in [2.45, 2.75) is 13.0 Å². The molecule has 1 aromatic rings. The zero-order valence-corrected chi connectivity index (χ0v) is 9.16. The topological polar surface area (TPSA) is 66.8 Å². The Balaban J connectivity index is 3.12. The van der Waals surface area contributed by atoms with Crippen LogP contribution in [0.1, 0.15) is 18.6 Å². The number of phenolic OH excluding ortho intramolecular Hbond substituents is 1. The summed E-state index contributed by atoms with van der Waals surface area (Å²) >= 11 is 5.53. The second kappa shape index (κ2) is 5.14. The summed E-state index contributed by atoms with van der Waals surface area (Å²) in [4.78, 5) is 11.2. The Morgan fingerprint density at radius 1 is 1.62 bits per heavy atom. The van der Waals surface area contributed by atoms with Crippen LogP contribution in [0.3, 0.4) is 0 Å². The number of hydrogen-bond acceptors (Lipinski definition) is 4. The highest BCUT2D eigenvalue weighted by Crippen LogP contribution is 2.34. The summed E-state index contributed by atoms with van der Waals surface area (Å²) in [7, 11) is 0. The summed E-state index contributed by atoms with van der Waals surface area (Å²) < 4.78 is 17.8. The van der Waals surface area contributed by atoms with Crippen molar-refractivity contribution in [1.29, 1.82) is 0 Å². The number of phenols is 1. The van der Waals surface area contributed by atoms with E-state index in [9.17, 15) is 19.4 Å². The number of carbonyl (C=O) groups is 1. The lowest BCUT2D eigenvalue weighted by Gasteiger charge is -2.13. The number of carbonyl (C=O) groups excluding carboxylic acids is 1. The van der Waals surface area contributed by atoms with Gasteiger partial charge in [0.1, 0.15) is 11.6 Å². The average molecular weight is 249 g/mol. The summed E-state index contributed by atoms with van der Waals surface area (Å²) in [5.41, 5.74) is -0.578. The maximum Gasteiger partial charge on any atom is 0.339 e. The fraction of sp³-hybridized carbons (Fsp3) is 0.300. The minimum atomic E-state index is -1.89. The number of aliphatic hydroxyl groups is 1. The molecule has 1 atom stereocenters. The maximum absolute atomic E-state index is 13.3. The lowest BCUT2D eigenvalue weighted by atomic mass is 10.1. The van der Waals surface area contributed by atoms with Gasteiger partial charge in [0.2, 0.25) is 0 Å². The smallest absolute Gasteiger partial charge is 0.339 e. The minimum absolute atomic E-state index is 0.0405. The summed E-state index contributed by atoms with van der Waals surface area (Å²) in [5.74, 6) is -2.64. The summed E-state index contributed by atoms with van der Waals surface area (Å²) in [6, 6.07) is 2.06. The van der Waals surface area contributed by atoms with Gasteiger partial charge in [-0.2, -0.15) is 0 Å². The van der Waals surface area contributed by atoms with E-state index in [4.69, 9.17) is 11.6 Å². The van der Waals surface area contributed by atoms with Crippen molar-refractivity contribution in [2.75, 3.05) is 6.61 Å². The molecule has 1 unspecified atom stereocenters. The molecule has 0 bridgehead atoms. The number of aromatic hydroxyl groups is 1. The number of rotatable bonds is 3. The van der Waals surface area contributed by atoms with E-state index in [0.717, 1.165) is 12.1 Å². The molecule has 1 aromatic carbocycles. The third-order valence-electron chi connectivity index (χ3n) is 1.90. The van der Waals surface area contributed by atoms with Crippen LogP contribution in [0.5, 0.6) is 5.75 Å². The number of aliphatic hydroxyl groups excluding tert-OH is 1. The fourth-order valence-corrected chi connectivity index (χ4v) is 1.32. The van der Waals surface area contributed by atoms with Crippen LogP contribution in [0.15, 0.2) is 12.1 Å². The fourth-order valence-electron chi connectivity index (χ4n) is 1.16. The molecule has 6 heteroatoms. The van der Waals surface area contributed by atoms with Gasteiger partial charge in [-0.15, -0.1) is 0 Å². The molecule has 0 aliphatic heterocycles. The molecule has 0 aromatic heterocycles. The van der Waals surface area contributed by atoms with Gasteiger partial charge < -0.3 is 14.9 Å². The number of ether oxygens (including phenoxy) is 1. The van der Waals surface area contributed by atoms with Crippen LogP contribution in [0.4, 0.5) is 4.39 Å². The lowest BCUT2D eigenvalue weighted by molar-refractivity contribution is -0.153. The molecule has 2 N–H and O–H groups in total. The zero-order valence-electron chi connectivity index (χ0n) is 8.41. The Kier molecular flexibility index (Phi) is 4.09. The van der Waals surface area contributed by atoms with Gasteiger partial charge in [-0.1, -0.05) is 11.6 Å².